The molecule has 142 valence electrons. The van der Waals surface area contributed by atoms with E-state index in [1.807, 2.05) is 5.38 Å². The number of nitrogens with one attached hydrogen (secondary N) is 1. The van der Waals surface area contributed by atoms with Crippen LogP contribution in [0, 0.1) is 5.92 Å². The largest absolute Gasteiger partial charge is 0.322 e. The van der Waals surface area contributed by atoms with Crippen molar-refractivity contribution in [2.24, 2.45) is 5.92 Å². The molecule has 1 fully saturated rings. The van der Waals surface area contributed by atoms with Crippen LogP contribution in [0.4, 0.5) is 5.13 Å². The molecule has 2 aliphatic rings. The predicted molar refractivity (Wildman–Crippen MR) is 107 cm³/mol. The van der Waals surface area contributed by atoms with Crippen LogP contribution >= 0.6 is 22.9 Å². The minimum Gasteiger partial charge on any atom is -0.322 e. The minimum absolute atomic E-state index is 0.109. The predicted octanol–water partition coefficient (Wildman–Crippen LogP) is 4.73. The number of carbonyl (C=O) groups excluding carboxylic acids is 2. The molecule has 1 aromatic heterocycles. The SMILES string of the molecule is O=C(Nc1nccs1)[C@H](CC1CCCCC1)N1Cc2c(Cl)cccc2C1=O. The summed E-state index contributed by atoms with van der Waals surface area (Å²) in [7, 11) is 0. The number of fused-ring (bicyclic) bond motifs is 1. The number of nitrogens with zero attached hydrogens (tertiary/aromatic N) is 2. The third-order valence-corrected chi connectivity index (χ3v) is 6.60. The second-order valence-corrected chi connectivity index (χ2v) is 8.58. The first-order valence-electron chi connectivity index (χ1n) is 9.42. The Hall–Kier alpha value is -1.92. The third-order valence-electron chi connectivity index (χ3n) is 5.56. The number of anilines is 1. The van der Waals surface area contributed by atoms with Crippen molar-refractivity contribution < 1.29 is 9.59 Å². The average Bonchev–Trinajstić information content (AvgIpc) is 3.30. The lowest BCUT2D eigenvalue weighted by Crippen LogP contribution is -2.45. The van der Waals surface area contributed by atoms with E-state index >= 15 is 0 Å². The number of halogens is 1. The Labute approximate surface area is 167 Å². The van der Waals surface area contributed by atoms with Gasteiger partial charge in [-0.2, -0.15) is 0 Å². The van der Waals surface area contributed by atoms with Gasteiger partial charge in [-0.25, -0.2) is 4.98 Å². The molecule has 1 N–H and O–H groups in total. The van der Waals surface area contributed by atoms with Crippen LogP contribution < -0.4 is 5.32 Å². The normalized spacial score (nSPS) is 18.4. The van der Waals surface area contributed by atoms with Gasteiger partial charge in [-0.1, -0.05) is 49.8 Å². The van der Waals surface area contributed by atoms with Crippen molar-refractivity contribution in [3.63, 3.8) is 0 Å². The van der Waals surface area contributed by atoms with Crippen LogP contribution in [0.15, 0.2) is 29.8 Å². The summed E-state index contributed by atoms with van der Waals surface area (Å²) >= 11 is 7.68. The lowest BCUT2D eigenvalue weighted by molar-refractivity contribution is -0.121. The zero-order valence-electron chi connectivity index (χ0n) is 15.0. The molecule has 0 unspecified atom stereocenters. The highest BCUT2D eigenvalue weighted by molar-refractivity contribution is 7.13. The molecule has 2 aromatic rings. The average molecular weight is 404 g/mol. The maximum atomic E-state index is 13.1. The zero-order valence-corrected chi connectivity index (χ0v) is 16.6. The summed E-state index contributed by atoms with van der Waals surface area (Å²) in [5.74, 6) is 0.202. The van der Waals surface area contributed by atoms with E-state index in [0.717, 1.165) is 18.4 Å². The maximum absolute atomic E-state index is 13.1. The van der Waals surface area contributed by atoms with Gasteiger partial charge >= 0.3 is 0 Å². The fourth-order valence-electron chi connectivity index (χ4n) is 4.16. The molecule has 0 spiro atoms. The highest BCUT2D eigenvalue weighted by atomic mass is 35.5. The smallest absolute Gasteiger partial charge is 0.255 e. The molecule has 0 bridgehead atoms. The van der Waals surface area contributed by atoms with E-state index in [1.54, 1.807) is 29.3 Å². The molecule has 2 heterocycles. The van der Waals surface area contributed by atoms with Crippen LogP contribution in [0.3, 0.4) is 0 Å². The van der Waals surface area contributed by atoms with Crippen LogP contribution in [0.1, 0.15) is 54.4 Å². The number of amides is 2. The number of rotatable bonds is 5. The molecule has 0 saturated heterocycles. The fourth-order valence-corrected chi connectivity index (χ4v) is 4.92. The quantitative estimate of drug-likeness (QED) is 0.784. The fraction of sp³-hybridized carbons (Fsp3) is 0.450. The molecule has 0 radical (unpaired) electrons. The van der Waals surface area contributed by atoms with Crippen LogP contribution in [0.5, 0.6) is 0 Å². The van der Waals surface area contributed by atoms with Gasteiger partial charge in [-0.05, 0) is 24.5 Å². The van der Waals surface area contributed by atoms with E-state index in [-0.39, 0.29) is 11.8 Å². The van der Waals surface area contributed by atoms with Crippen LogP contribution in [0.2, 0.25) is 5.02 Å². The summed E-state index contributed by atoms with van der Waals surface area (Å²) in [6.45, 7) is 0.385. The van der Waals surface area contributed by atoms with Gasteiger partial charge in [0.05, 0.1) is 0 Å². The molecule has 1 aliphatic heterocycles. The van der Waals surface area contributed by atoms with E-state index in [4.69, 9.17) is 11.6 Å². The molecule has 1 aliphatic carbocycles. The van der Waals surface area contributed by atoms with E-state index in [0.29, 0.717) is 34.6 Å². The number of hydrogen-bond acceptors (Lipinski definition) is 4. The van der Waals surface area contributed by atoms with E-state index in [1.165, 1.54) is 30.6 Å². The highest BCUT2D eigenvalue weighted by Gasteiger charge is 2.38. The van der Waals surface area contributed by atoms with Crippen LogP contribution in [-0.2, 0) is 11.3 Å². The van der Waals surface area contributed by atoms with Gasteiger partial charge in [-0.15, -0.1) is 11.3 Å². The van der Waals surface area contributed by atoms with Crippen molar-refractivity contribution in [3.05, 3.63) is 45.9 Å². The van der Waals surface area contributed by atoms with Crippen LogP contribution in [-0.4, -0.2) is 27.7 Å². The Balaban J connectivity index is 1.58. The Morgan fingerprint density at radius 2 is 2.15 bits per heavy atom. The van der Waals surface area contributed by atoms with Gasteiger partial charge in [-0.3, -0.25) is 9.59 Å². The standard InChI is InChI=1S/C20H22ClN3O2S/c21-16-8-4-7-14-15(16)12-24(19(14)26)17(11-13-5-2-1-3-6-13)18(25)23-20-22-9-10-27-20/h4,7-10,13,17H,1-3,5-6,11-12H2,(H,22,23,25)/t17-/m0/s1. The number of thiazole rings is 1. The number of carbonyl (C=O) groups is 2. The number of hydrogen-bond donors (Lipinski definition) is 1. The van der Waals surface area contributed by atoms with Gasteiger partial charge < -0.3 is 10.2 Å². The second-order valence-electron chi connectivity index (χ2n) is 7.28. The molecule has 27 heavy (non-hydrogen) atoms. The first-order valence-corrected chi connectivity index (χ1v) is 10.7. The Morgan fingerprint density at radius 1 is 1.33 bits per heavy atom. The molecule has 5 nitrogen and oxygen atoms in total. The van der Waals surface area contributed by atoms with Gasteiger partial charge in [0.2, 0.25) is 5.91 Å². The molecular weight excluding hydrogens is 382 g/mol. The van der Waals surface area contributed by atoms with Gasteiger partial charge in [0, 0.05) is 34.3 Å². The Morgan fingerprint density at radius 3 is 2.85 bits per heavy atom. The number of aromatic nitrogens is 1. The molecule has 1 atom stereocenters. The first kappa shape index (κ1) is 18.4. The molecular formula is C20H22ClN3O2S. The minimum atomic E-state index is -0.507. The summed E-state index contributed by atoms with van der Waals surface area (Å²) in [4.78, 5) is 31.9. The van der Waals surface area contributed by atoms with Crippen LogP contribution in [0.25, 0.3) is 0 Å². The molecule has 1 saturated carbocycles. The topological polar surface area (TPSA) is 62.3 Å². The summed E-state index contributed by atoms with van der Waals surface area (Å²) in [6, 6.07) is 4.87. The number of benzene rings is 1. The van der Waals surface area contributed by atoms with E-state index in [9.17, 15) is 9.59 Å². The van der Waals surface area contributed by atoms with Gasteiger partial charge in [0.25, 0.3) is 5.91 Å². The molecule has 7 heteroatoms. The maximum Gasteiger partial charge on any atom is 0.255 e. The van der Waals surface area contributed by atoms with E-state index < -0.39 is 6.04 Å². The van der Waals surface area contributed by atoms with Crippen molar-refractivity contribution in [1.29, 1.82) is 0 Å². The van der Waals surface area contributed by atoms with Crippen molar-refractivity contribution in [2.45, 2.75) is 51.1 Å². The summed E-state index contributed by atoms with van der Waals surface area (Å²) in [5.41, 5.74) is 1.43. The van der Waals surface area contributed by atoms with Gasteiger partial charge in [0.15, 0.2) is 5.13 Å². The Kier molecular flexibility index (Phi) is 5.45. The van der Waals surface area contributed by atoms with Crippen molar-refractivity contribution >= 4 is 39.9 Å². The highest BCUT2D eigenvalue weighted by Crippen LogP contribution is 2.34. The summed E-state index contributed by atoms with van der Waals surface area (Å²) in [5, 5.41) is 5.86. The Bertz CT molecular complexity index is 834. The lowest BCUT2D eigenvalue weighted by atomic mass is 9.84. The van der Waals surface area contributed by atoms with Gasteiger partial charge in [0.1, 0.15) is 6.04 Å². The van der Waals surface area contributed by atoms with E-state index in [2.05, 4.69) is 10.3 Å². The molecule has 2 amide bonds. The lowest BCUT2D eigenvalue weighted by Gasteiger charge is -2.31. The van der Waals surface area contributed by atoms with Crippen molar-refractivity contribution in [1.82, 2.24) is 9.88 Å². The molecule has 1 aromatic carbocycles. The summed E-state index contributed by atoms with van der Waals surface area (Å²) < 4.78 is 0. The monoisotopic (exact) mass is 403 g/mol. The first-order chi connectivity index (χ1) is 13.1. The van der Waals surface area contributed by atoms with Crippen molar-refractivity contribution in [3.8, 4) is 0 Å². The zero-order chi connectivity index (χ0) is 18.8. The molecule has 4 rings (SSSR count). The second kappa shape index (κ2) is 7.98. The summed E-state index contributed by atoms with van der Waals surface area (Å²) in [6.07, 6.45) is 8.25. The third kappa shape index (κ3) is 3.87. The van der Waals surface area contributed by atoms with Crippen molar-refractivity contribution in [2.75, 3.05) is 5.32 Å².